The van der Waals surface area contributed by atoms with E-state index < -0.39 is 12.3 Å². The Morgan fingerprint density at radius 2 is 2.12 bits per heavy atom. The average Bonchev–Trinajstić information content (AvgIpc) is 2.79. The molecular weight excluding hydrogens is 319 g/mol. The van der Waals surface area contributed by atoms with Gasteiger partial charge in [-0.3, -0.25) is 4.79 Å². The van der Waals surface area contributed by atoms with E-state index in [9.17, 15) is 14.3 Å². The number of carbonyl (C=O) groups is 1. The first-order chi connectivity index (χ1) is 11.8. The van der Waals surface area contributed by atoms with Crippen LogP contribution in [0.2, 0.25) is 0 Å². The summed E-state index contributed by atoms with van der Waals surface area (Å²) in [6.07, 6.45) is 9.60. The zero-order valence-corrected chi connectivity index (χ0v) is 15.2. The molecule has 0 radical (unpaired) electrons. The van der Waals surface area contributed by atoms with Crippen LogP contribution in [-0.4, -0.2) is 23.4 Å². The Balaban J connectivity index is 1.68. The lowest BCUT2D eigenvalue weighted by Gasteiger charge is -2.55. The molecule has 4 aliphatic carbocycles. The SMILES string of the molecule is CC(=O)OC1C(F)C[C@H]2[C@@H]3CC=C4C=C(O)C=C[C@]4(C)[C@@H]3CC[C@]12C. The molecule has 0 heterocycles. The normalized spacial score (nSPS) is 47.9. The summed E-state index contributed by atoms with van der Waals surface area (Å²) in [6, 6.07) is 0. The van der Waals surface area contributed by atoms with Gasteiger partial charge in [-0.2, -0.15) is 0 Å². The maximum absolute atomic E-state index is 14.8. The lowest BCUT2D eigenvalue weighted by Crippen LogP contribution is -2.50. The number of aliphatic hydroxyl groups excluding tert-OH is 1. The number of hydrogen-bond acceptors (Lipinski definition) is 3. The van der Waals surface area contributed by atoms with Gasteiger partial charge in [0.25, 0.3) is 0 Å². The van der Waals surface area contributed by atoms with Crippen LogP contribution in [0.3, 0.4) is 0 Å². The van der Waals surface area contributed by atoms with Gasteiger partial charge in [0, 0.05) is 17.8 Å². The van der Waals surface area contributed by atoms with E-state index in [4.69, 9.17) is 4.74 Å². The smallest absolute Gasteiger partial charge is 0.303 e. The molecular formula is C21H27FO3. The van der Waals surface area contributed by atoms with Gasteiger partial charge in [0.2, 0.25) is 0 Å². The van der Waals surface area contributed by atoms with Gasteiger partial charge in [0.05, 0.1) is 0 Å². The van der Waals surface area contributed by atoms with Crippen LogP contribution in [0.1, 0.15) is 46.5 Å². The van der Waals surface area contributed by atoms with Crippen LogP contribution in [0.25, 0.3) is 0 Å². The van der Waals surface area contributed by atoms with E-state index in [2.05, 4.69) is 26.0 Å². The Labute approximate surface area is 148 Å². The summed E-state index contributed by atoms with van der Waals surface area (Å²) in [5, 5.41) is 9.84. The summed E-state index contributed by atoms with van der Waals surface area (Å²) in [7, 11) is 0. The van der Waals surface area contributed by atoms with Crippen molar-refractivity contribution in [3.8, 4) is 0 Å². The van der Waals surface area contributed by atoms with Crippen molar-refractivity contribution in [2.45, 2.75) is 58.7 Å². The van der Waals surface area contributed by atoms with Gasteiger partial charge in [-0.1, -0.05) is 26.0 Å². The Morgan fingerprint density at radius 1 is 1.36 bits per heavy atom. The van der Waals surface area contributed by atoms with E-state index in [1.165, 1.54) is 12.5 Å². The van der Waals surface area contributed by atoms with E-state index in [-0.39, 0.29) is 22.7 Å². The van der Waals surface area contributed by atoms with Crippen LogP contribution in [0.5, 0.6) is 0 Å². The summed E-state index contributed by atoms with van der Waals surface area (Å²) in [6.45, 7) is 5.73. The number of carbonyl (C=O) groups excluding carboxylic acids is 1. The second-order valence-electron chi connectivity index (χ2n) is 8.78. The summed E-state index contributed by atoms with van der Waals surface area (Å²) in [4.78, 5) is 11.5. The van der Waals surface area contributed by atoms with Gasteiger partial charge in [-0.15, -0.1) is 0 Å². The Hall–Kier alpha value is -1.58. The van der Waals surface area contributed by atoms with Crippen molar-refractivity contribution in [3.63, 3.8) is 0 Å². The van der Waals surface area contributed by atoms with Crippen molar-refractivity contribution in [2.75, 3.05) is 0 Å². The van der Waals surface area contributed by atoms with E-state index in [0.29, 0.717) is 24.0 Å². The lowest BCUT2D eigenvalue weighted by atomic mass is 9.49. The predicted octanol–water partition coefficient (Wildman–Crippen LogP) is 4.66. The van der Waals surface area contributed by atoms with Crippen molar-refractivity contribution >= 4 is 5.97 Å². The second kappa shape index (κ2) is 5.46. The van der Waals surface area contributed by atoms with Gasteiger partial charge >= 0.3 is 5.97 Å². The number of alkyl halides is 1. The van der Waals surface area contributed by atoms with E-state index in [1.54, 1.807) is 6.08 Å². The number of halogens is 1. The molecule has 25 heavy (non-hydrogen) atoms. The molecule has 4 rings (SSSR count). The van der Waals surface area contributed by atoms with Gasteiger partial charge in [0.1, 0.15) is 18.0 Å². The first-order valence-electron chi connectivity index (χ1n) is 9.37. The molecule has 0 bridgehead atoms. The molecule has 3 nitrogen and oxygen atoms in total. The zero-order valence-electron chi connectivity index (χ0n) is 15.2. The van der Waals surface area contributed by atoms with Crippen molar-refractivity contribution in [1.82, 2.24) is 0 Å². The minimum absolute atomic E-state index is 0.0954. The first-order valence-corrected chi connectivity index (χ1v) is 9.37. The van der Waals surface area contributed by atoms with Crippen molar-refractivity contribution < 1.29 is 19.0 Å². The van der Waals surface area contributed by atoms with Crippen LogP contribution >= 0.6 is 0 Å². The number of aliphatic hydroxyl groups is 1. The highest BCUT2D eigenvalue weighted by atomic mass is 19.1. The molecule has 2 saturated carbocycles. The molecule has 0 saturated heterocycles. The predicted molar refractivity (Wildman–Crippen MR) is 93.5 cm³/mol. The first kappa shape index (κ1) is 16.9. The van der Waals surface area contributed by atoms with Crippen LogP contribution < -0.4 is 0 Å². The van der Waals surface area contributed by atoms with Crippen molar-refractivity contribution in [2.24, 2.45) is 28.6 Å². The molecule has 0 aromatic rings. The van der Waals surface area contributed by atoms with E-state index in [0.717, 1.165) is 19.3 Å². The molecule has 0 aromatic heterocycles. The fourth-order valence-corrected chi connectivity index (χ4v) is 6.27. The third-order valence-electron chi connectivity index (χ3n) is 7.53. The van der Waals surface area contributed by atoms with Crippen LogP contribution in [0.15, 0.2) is 35.6 Å². The lowest BCUT2D eigenvalue weighted by molar-refractivity contribution is -0.159. The molecule has 0 aromatic carbocycles. The standard InChI is InChI=1S/C21H27FO3/c1-12(23)25-19-18(22)11-17-15-5-4-13-10-14(24)6-8-20(13,2)16(15)7-9-21(17,19)3/h4,6,8,10,15-19,24H,5,7,9,11H2,1-3H3/t15-,16-,17+,18?,19?,20+,21+/m1/s1. The number of hydrogen-bond donors (Lipinski definition) is 1. The maximum Gasteiger partial charge on any atom is 0.303 e. The van der Waals surface area contributed by atoms with Crippen LogP contribution in [0, 0.1) is 28.6 Å². The van der Waals surface area contributed by atoms with E-state index >= 15 is 0 Å². The number of ether oxygens (including phenoxy) is 1. The van der Waals surface area contributed by atoms with Gasteiger partial charge in [-0.05, 0) is 61.2 Å². The summed E-state index contributed by atoms with van der Waals surface area (Å²) in [5.41, 5.74) is 0.815. The molecule has 0 amide bonds. The minimum Gasteiger partial charge on any atom is -0.508 e. The monoisotopic (exact) mass is 346 g/mol. The second-order valence-corrected chi connectivity index (χ2v) is 8.78. The molecule has 136 valence electrons. The maximum atomic E-state index is 14.8. The third kappa shape index (κ3) is 2.32. The van der Waals surface area contributed by atoms with E-state index in [1.807, 2.05) is 6.08 Å². The minimum atomic E-state index is -1.07. The Morgan fingerprint density at radius 3 is 2.84 bits per heavy atom. The fraction of sp³-hybridized carbons (Fsp3) is 0.667. The fourth-order valence-electron chi connectivity index (χ4n) is 6.27. The number of rotatable bonds is 1. The Kier molecular flexibility index (Phi) is 3.68. The topological polar surface area (TPSA) is 46.5 Å². The molecule has 2 fully saturated rings. The molecule has 7 atom stereocenters. The molecule has 2 unspecified atom stereocenters. The Bertz CT molecular complexity index is 693. The molecule has 4 heteroatoms. The van der Waals surface area contributed by atoms with Crippen LogP contribution in [-0.2, 0) is 9.53 Å². The quantitative estimate of drug-likeness (QED) is 0.703. The summed E-state index contributed by atoms with van der Waals surface area (Å²) in [5.74, 6) is 0.986. The largest absolute Gasteiger partial charge is 0.508 e. The van der Waals surface area contributed by atoms with Crippen LogP contribution in [0.4, 0.5) is 4.39 Å². The molecule has 1 N–H and O–H groups in total. The zero-order chi connectivity index (χ0) is 18.0. The van der Waals surface area contributed by atoms with Gasteiger partial charge in [-0.25, -0.2) is 4.39 Å². The highest BCUT2D eigenvalue weighted by molar-refractivity contribution is 5.66. The number of allylic oxidation sites excluding steroid dienone is 5. The summed E-state index contributed by atoms with van der Waals surface area (Å²) >= 11 is 0. The highest BCUT2D eigenvalue weighted by Crippen LogP contribution is 2.64. The van der Waals surface area contributed by atoms with Crippen molar-refractivity contribution in [1.29, 1.82) is 0 Å². The van der Waals surface area contributed by atoms with Crippen molar-refractivity contribution in [3.05, 3.63) is 35.6 Å². The van der Waals surface area contributed by atoms with Gasteiger partial charge in [0.15, 0.2) is 0 Å². The van der Waals surface area contributed by atoms with Gasteiger partial charge < -0.3 is 9.84 Å². The number of esters is 1. The summed E-state index contributed by atoms with van der Waals surface area (Å²) < 4.78 is 20.2. The average molecular weight is 346 g/mol. The molecule has 0 spiro atoms. The number of fused-ring (bicyclic) bond motifs is 5. The third-order valence-corrected chi connectivity index (χ3v) is 7.53. The highest BCUT2D eigenvalue weighted by Gasteiger charge is 2.62. The molecule has 0 aliphatic heterocycles. The molecule has 4 aliphatic rings.